The molecular formula is C14H21NO. The lowest BCUT2D eigenvalue weighted by molar-refractivity contribution is 0.239. The molecule has 0 spiro atoms. The third-order valence-corrected chi connectivity index (χ3v) is 2.62. The lowest BCUT2D eigenvalue weighted by Gasteiger charge is -2.22. The largest absolute Gasteiger partial charge is 0.395 e. The fourth-order valence-corrected chi connectivity index (χ4v) is 1.71. The van der Waals surface area contributed by atoms with Gasteiger partial charge in [-0.3, -0.25) is 0 Å². The number of hydrogen-bond donors (Lipinski definition) is 2. The predicted molar refractivity (Wildman–Crippen MR) is 68.3 cm³/mol. The molecular weight excluding hydrogens is 198 g/mol. The summed E-state index contributed by atoms with van der Waals surface area (Å²) in [6.07, 6.45) is 3.92. The molecule has 0 radical (unpaired) electrons. The maximum absolute atomic E-state index is 9.07. The summed E-state index contributed by atoms with van der Waals surface area (Å²) in [6.45, 7) is 5.90. The molecule has 0 amide bonds. The van der Waals surface area contributed by atoms with Crippen LogP contribution in [0.15, 0.2) is 43.0 Å². The van der Waals surface area contributed by atoms with Crippen LogP contribution in [0.2, 0.25) is 0 Å². The zero-order valence-electron chi connectivity index (χ0n) is 9.89. The van der Waals surface area contributed by atoms with Crippen molar-refractivity contribution in [3.8, 4) is 0 Å². The molecule has 0 bridgehead atoms. The van der Waals surface area contributed by atoms with Crippen molar-refractivity contribution >= 4 is 0 Å². The molecule has 1 rings (SSSR count). The number of aliphatic hydroxyl groups is 1. The second-order valence-electron chi connectivity index (χ2n) is 4.08. The lowest BCUT2D eigenvalue weighted by atomic mass is 10.0. The highest BCUT2D eigenvalue weighted by Crippen LogP contribution is 2.18. The smallest absolute Gasteiger partial charge is 0.0582 e. The van der Waals surface area contributed by atoms with Gasteiger partial charge >= 0.3 is 0 Å². The normalized spacial score (nSPS) is 14.4. The van der Waals surface area contributed by atoms with E-state index < -0.39 is 0 Å². The molecule has 16 heavy (non-hydrogen) atoms. The molecule has 0 aliphatic carbocycles. The molecule has 0 aliphatic rings. The summed E-state index contributed by atoms with van der Waals surface area (Å²) in [5.74, 6) is 0. The molecule has 0 aromatic heterocycles. The van der Waals surface area contributed by atoms with Gasteiger partial charge in [-0.05, 0) is 25.3 Å². The van der Waals surface area contributed by atoms with E-state index in [9.17, 15) is 0 Å². The first-order valence-corrected chi connectivity index (χ1v) is 5.80. The predicted octanol–water partition coefficient (Wildman–Crippen LogP) is 2.66. The van der Waals surface area contributed by atoms with E-state index in [-0.39, 0.29) is 12.6 Å². The SMILES string of the molecule is C=CCCC(NC(C)CO)c1ccccc1. The van der Waals surface area contributed by atoms with Gasteiger partial charge in [0.2, 0.25) is 0 Å². The molecule has 2 unspecified atom stereocenters. The molecule has 0 saturated carbocycles. The Balaban J connectivity index is 2.66. The van der Waals surface area contributed by atoms with Crippen LogP contribution in [0, 0.1) is 0 Å². The number of allylic oxidation sites excluding steroid dienone is 1. The van der Waals surface area contributed by atoms with Crippen molar-refractivity contribution in [2.75, 3.05) is 6.61 Å². The number of rotatable bonds is 7. The van der Waals surface area contributed by atoms with E-state index in [4.69, 9.17) is 5.11 Å². The maximum atomic E-state index is 9.07. The van der Waals surface area contributed by atoms with Crippen LogP contribution in [-0.2, 0) is 0 Å². The Labute approximate surface area is 98.0 Å². The van der Waals surface area contributed by atoms with Crippen LogP contribution in [0.4, 0.5) is 0 Å². The average Bonchev–Trinajstić information content (AvgIpc) is 2.35. The number of hydrogen-bond acceptors (Lipinski definition) is 2. The standard InChI is InChI=1S/C14H21NO/c1-3-4-10-14(15-12(2)11-16)13-8-6-5-7-9-13/h3,5-9,12,14-16H,1,4,10-11H2,2H3. The van der Waals surface area contributed by atoms with Crippen molar-refractivity contribution in [1.29, 1.82) is 0 Å². The van der Waals surface area contributed by atoms with Crippen LogP contribution in [0.1, 0.15) is 31.4 Å². The third-order valence-electron chi connectivity index (χ3n) is 2.62. The fraction of sp³-hybridized carbons (Fsp3) is 0.429. The number of nitrogens with one attached hydrogen (secondary N) is 1. The summed E-state index contributed by atoms with van der Waals surface area (Å²) in [7, 11) is 0. The van der Waals surface area contributed by atoms with E-state index in [0.29, 0.717) is 6.04 Å². The van der Waals surface area contributed by atoms with Crippen LogP contribution in [0.3, 0.4) is 0 Å². The van der Waals surface area contributed by atoms with Gasteiger partial charge in [0.25, 0.3) is 0 Å². The second kappa shape index (κ2) is 7.20. The van der Waals surface area contributed by atoms with Gasteiger partial charge in [-0.1, -0.05) is 36.4 Å². The second-order valence-corrected chi connectivity index (χ2v) is 4.08. The summed E-state index contributed by atoms with van der Waals surface area (Å²) >= 11 is 0. The van der Waals surface area contributed by atoms with Crippen molar-refractivity contribution in [3.05, 3.63) is 48.6 Å². The quantitative estimate of drug-likeness (QED) is 0.691. The molecule has 0 saturated heterocycles. The Kier molecular flexibility index (Phi) is 5.83. The molecule has 1 aromatic carbocycles. The highest BCUT2D eigenvalue weighted by Gasteiger charge is 2.12. The fourth-order valence-electron chi connectivity index (χ4n) is 1.71. The molecule has 0 fully saturated rings. The lowest BCUT2D eigenvalue weighted by Crippen LogP contribution is -2.33. The van der Waals surface area contributed by atoms with Gasteiger partial charge in [-0.2, -0.15) is 0 Å². The van der Waals surface area contributed by atoms with Gasteiger partial charge in [-0.15, -0.1) is 6.58 Å². The first-order valence-electron chi connectivity index (χ1n) is 5.80. The molecule has 2 heteroatoms. The minimum Gasteiger partial charge on any atom is -0.395 e. The molecule has 2 atom stereocenters. The van der Waals surface area contributed by atoms with Crippen LogP contribution < -0.4 is 5.32 Å². The summed E-state index contributed by atoms with van der Waals surface area (Å²) in [5.41, 5.74) is 1.27. The Hall–Kier alpha value is -1.12. The summed E-state index contributed by atoms with van der Waals surface area (Å²) in [5, 5.41) is 12.5. The zero-order valence-corrected chi connectivity index (χ0v) is 9.89. The van der Waals surface area contributed by atoms with Crippen LogP contribution in [-0.4, -0.2) is 17.8 Å². The minimum absolute atomic E-state index is 0.120. The third kappa shape index (κ3) is 4.17. The Morgan fingerprint density at radius 3 is 2.62 bits per heavy atom. The van der Waals surface area contributed by atoms with E-state index in [1.54, 1.807) is 0 Å². The van der Waals surface area contributed by atoms with E-state index in [1.165, 1.54) is 5.56 Å². The summed E-state index contributed by atoms with van der Waals surface area (Å²) < 4.78 is 0. The molecule has 0 heterocycles. The maximum Gasteiger partial charge on any atom is 0.0582 e. The first kappa shape index (κ1) is 12.9. The van der Waals surface area contributed by atoms with Gasteiger partial charge in [-0.25, -0.2) is 0 Å². The van der Waals surface area contributed by atoms with Gasteiger partial charge < -0.3 is 10.4 Å². The number of aliphatic hydroxyl groups excluding tert-OH is 1. The van der Waals surface area contributed by atoms with Crippen LogP contribution in [0.25, 0.3) is 0 Å². The van der Waals surface area contributed by atoms with Crippen molar-refractivity contribution in [2.45, 2.75) is 31.8 Å². The monoisotopic (exact) mass is 219 g/mol. The molecule has 88 valence electrons. The first-order chi connectivity index (χ1) is 7.77. The molecule has 2 nitrogen and oxygen atoms in total. The van der Waals surface area contributed by atoms with E-state index in [0.717, 1.165) is 12.8 Å². The average molecular weight is 219 g/mol. The van der Waals surface area contributed by atoms with E-state index >= 15 is 0 Å². The Morgan fingerprint density at radius 1 is 1.38 bits per heavy atom. The van der Waals surface area contributed by atoms with Crippen molar-refractivity contribution in [1.82, 2.24) is 5.32 Å². The summed E-state index contributed by atoms with van der Waals surface area (Å²) in [6, 6.07) is 10.7. The summed E-state index contributed by atoms with van der Waals surface area (Å²) in [4.78, 5) is 0. The Morgan fingerprint density at radius 2 is 2.06 bits per heavy atom. The van der Waals surface area contributed by atoms with Crippen molar-refractivity contribution in [3.63, 3.8) is 0 Å². The van der Waals surface area contributed by atoms with Crippen LogP contribution in [0.5, 0.6) is 0 Å². The highest BCUT2D eigenvalue weighted by atomic mass is 16.3. The van der Waals surface area contributed by atoms with Gasteiger partial charge in [0.15, 0.2) is 0 Å². The van der Waals surface area contributed by atoms with Gasteiger partial charge in [0.1, 0.15) is 0 Å². The zero-order chi connectivity index (χ0) is 11.8. The molecule has 0 aliphatic heterocycles. The number of benzene rings is 1. The topological polar surface area (TPSA) is 32.3 Å². The van der Waals surface area contributed by atoms with Gasteiger partial charge in [0, 0.05) is 12.1 Å². The van der Waals surface area contributed by atoms with Gasteiger partial charge in [0.05, 0.1) is 6.61 Å². The molecule has 1 aromatic rings. The van der Waals surface area contributed by atoms with E-state index in [1.807, 2.05) is 31.2 Å². The van der Waals surface area contributed by atoms with Crippen molar-refractivity contribution in [2.24, 2.45) is 0 Å². The molecule has 2 N–H and O–H groups in total. The Bertz CT molecular complexity index is 297. The highest BCUT2D eigenvalue weighted by molar-refractivity contribution is 5.19. The van der Waals surface area contributed by atoms with E-state index in [2.05, 4.69) is 24.0 Å². The van der Waals surface area contributed by atoms with Crippen molar-refractivity contribution < 1.29 is 5.11 Å². The minimum atomic E-state index is 0.120. The van der Waals surface area contributed by atoms with Crippen LogP contribution >= 0.6 is 0 Å².